The van der Waals surface area contributed by atoms with Gasteiger partial charge in [0.05, 0.1) is 24.0 Å². The van der Waals surface area contributed by atoms with Crippen LogP contribution in [-0.4, -0.2) is 69.6 Å². The predicted octanol–water partition coefficient (Wildman–Crippen LogP) is -1.01. The number of carboxylic acid groups (broad SMARTS) is 1. The van der Waals surface area contributed by atoms with E-state index in [1.165, 1.54) is 4.90 Å². The number of primary amides is 1. The van der Waals surface area contributed by atoms with E-state index in [0.717, 1.165) is 0 Å². The van der Waals surface area contributed by atoms with Crippen molar-refractivity contribution in [1.82, 2.24) is 9.80 Å². The van der Waals surface area contributed by atoms with Gasteiger partial charge in [0.2, 0.25) is 11.8 Å². The zero-order chi connectivity index (χ0) is 17.8. The van der Waals surface area contributed by atoms with Gasteiger partial charge in [0, 0.05) is 19.0 Å². The molecule has 0 unspecified atom stereocenters. The van der Waals surface area contributed by atoms with Crippen LogP contribution in [0.5, 0.6) is 0 Å². The smallest absolute Gasteiger partial charge is 0.352 e. The number of aliphatic hydroxyl groups is 1. The number of hydrogen-bond donors (Lipinski definition) is 3. The summed E-state index contributed by atoms with van der Waals surface area (Å²) in [6, 6.07) is -0.298. The zero-order valence-electron chi connectivity index (χ0n) is 13.8. The van der Waals surface area contributed by atoms with Crippen LogP contribution in [0, 0.1) is 17.8 Å². The number of aliphatic carboxylic acids is 1. The van der Waals surface area contributed by atoms with Crippen molar-refractivity contribution in [2.24, 2.45) is 23.5 Å². The fourth-order valence-corrected chi connectivity index (χ4v) is 4.30. The summed E-state index contributed by atoms with van der Waals surface area (Å²) in [5.41, 5.74) is 6.07. The van der Waals surface area contributed by atoms with Gasteiger partial charge in [0.15, 0.2) is 0 Å². The number of carbonyl (C=O) groups is 3. The highest BCUT2D eigenvalue weighted by atomic mass is 16.4. The van der Waals surface area contributed by atoms with E-state index in [4.69, 9.17) is 5.73 Å². The fraction of sp³-hybridized carbons (Fsp3) is 0.688. The van der Waals surface area contributed by atoms with Crippen LogP contribution in [0.2, 0.25) is 0 Å². The van der Waals surface area contributed by atoms with Gasteiger partial charge in [-0.3, -0.25) is 14.5 Å². The van der Waals surface area contributed by atoms with E-state index >= 15 is 0 Å². The number of nitrogens with zero attached hydrogens (tertiary/aromatic N) is 2. The average molecular weight is 337 g/mol. The molecule has 3 aliphatic heterocycles. The van der Waals surface area contributed by atoms with Gasteiger partial charge >= 0.3 is 5.97 Å². The Labute approximate surface area is 139 Å². The van der Waals surface area contributed by atoms with Crippen molar-refractivity contribution in [3.05, 3.63) is 11.3 Å². The molecular weight excluding hydrogens is 314 g/mol. The Morgan fingerprint density at radius 2 is 2.08 bits per heavy atom. The van der Waals surface area contributed by atoms with Gasteiger partial charge in [-0.15, -0.1) is 0 Å². The van der Waals surface area contributed by atoms with Gasteiger partial charge in [-0.05, 0) is 25.5 Å². The molecular formula is C16H23N3O5. The molecule has 2 amide bonds. The minimum absolute atomic E-state index is 0.0388. The molecule has 8 nitrogen and oxygen atoms in total. The van der Waals surface area contributed by atoms with Crippen LogP contribution in [0.3, 0.4) is 0 Å². The molecule has 3 rings (SSSR count). The lowest BCUT2D eigenvalue weighted by atomic mass is 9.77. The van der Waals surface area contributed by atoms with Gasteiger partial charge in [0.25, 0.3) is 0 Å². The third-order valence-corrected chi connectivity index (χ3v) is 5.59. The number of hydrogen-bond acceptors (Lipinski definition) is 5. The Morgan fingerprint density at radius 1 is 1.42 bits per heavy atom. The fourth-order valence-electron chi connectivity index (χ4n) is 4.30. The van der Waals surface area contributed by atoms with Crippen LogP contribution in [0.4, 0.5) is 0 Å². The van der Waals surface area contributed by atoms with Crippen molar-refractivity contribution in [2.75, 3.05) is 19.6 Å². The van der Waals surface area contributed by atoms with Crippen LogP contribution in [0.15, 0.2) is 11.3 Å². The molecule has 2 saturated heterocycles. The molecule has 0 radical (unpaired) electrons. The number of likely N-dealkylation sites (tertiary alicyclic amines) is 1. The SMILES string of the molecule is C[C@@H](O)[C@H]1C(=O)N2C(C(=O)O)=C(CN3CC[C@@H](C(N)=O)C3)[C@H](C)[C@H]12. The van der Waals surface area contributed by atoms with Gasteiger partial charge in [-0.2, -0.15) is 0 Å². The van der Waals surface area contributed by atoms with E-state index in [9.17, 15) is 24.6 Å². The summed E-state index contributed by atoms with van der Waals surface area (Å²) < 4.78 is 0. The number of amides is 2. The number of fused-ring (bicyclic) bond motifs is 1. The number of rotatable bonds is 5. The minimum Gasteiger partial charge on any atom is -0.477 e. The normalized spacial score (nSPS) is 34.3. The van der Waals surface area contributed by atoms with E-state index < -0.39 is 18.0 Å². The minimum atomic E-state index is -1.12. The summed E-state index contributed by atoms with van der Waals surface area (Å²) in [6.45, 7) is 5.04. The lowest BCUT2D eigenvalue weighted by Crippen LogP contribution is -2.63. The molecule has 5 atom stereocenters. The molecule has 4 N–H and O–H groups in total. The summed E-state index contributed by atoms with van der Waals surface area (Å²) in [7, 11) is 0. The van der Waals surface area contributed by atoms with Crippen molar-refractivity contribution >= 4 is 17.8 Å². The Morgan fingerprint density at radius 3 is 2.58 bits per heavy atom. The Bertz CT molecular complexity index is 629. The molecule has 0 aliphatic carbocycles. The van der Waals surface area contributed by atoms with Crippen molar-refractivity contribution < 1.29 is 24.6 Å². The van der Waals surface area contributed by atoms with Crippen LogP contribution in [-0.2, 0) is 14.4 Å². The highest BCUT2D eigenvalue weighted by Crippen LogP contribution is 2.47. The first-order valence-electron chi connectivity index (χ1n) is 8.23. The molecule has 8 heteroatoms. The molecule has 2 fully saturated rings. The Kier molecular flexibility index (Phi) is 4.13. The van der Waals surface area contributed by atoms with Crippen molar-refractivity contribution in [3.63, 3.8) is 0 Å². The molecule has 0 spiro atoms. The highest BCUT2D eigenvalue weighted by Gasteiger charge is 2.59. The van der Waals surface area contributed by atoms with Gasteiger partial charge in [-0.1, -0.05) is 6.92 Å². The van der Waals surface area contributed by atoms with E-state index in [-0.39, 0.29) is 35.4 Å². The molecule has 132 valence electrons. The van der Waals surface area contributed by atoms with Crippen LogP contribution < -0.4 is 5.73 Å². The van der Waals surface area contributed by atoms with Crippen LogP contribution in [0.1, 0.15) is 20.3 Å². The third-order valence-electron chi connectivity index (χ3n) is 5.59. The first kappa shape index (κ1) is 16.9. The molecule has 0 saturated carbocycles. The van der Waals surface area contributed by atoms with E-state index in [1.807, 2.05) is 11.8 Å². The first-order valence-corrected chi connectivity index (χ1v) is 8.23. The molecule has 0 bridgehead atoms. The Balaban J connectivity index is 1.83. The maximum Gasteiger partial charge on any atom is 0.352 e. The largest absolute Gasteiger partial charge is 0.477 e. The topological polar surface area (TPSA) is 124 Å². The summed E-state index contributed by atoms with van der Waals surface area (Å²) in [5.74, 6) is -2.69. The van der Waals surface area contributed by atoms with Crippen molar-refractivity contribution in [3.8, 4) is 0 Å². The molecule has 0 aromatic rings. The van der Waals surface area contributed by atoms with Gasteiger partial charge in [0.1, 0.15) is 5.70 Å². The lowest BCUT2D eigenvalue weighted by molar-refractivity contribution is -0.163. The number of β-lactam (4-membered cyclic amide) rings is 1. The Hall–Kier alpha value is -1.93. The maximum absolute atomic E-state index is 12.3. The second kappa shape index (κ2) is 5.86. The van der Waals surface area contributed by atoms with E-state index in [1.54, 1.807) is 6.92 Å². The average Bonchev–Trinajstić information content (AvgIpc) is 3.03. The number of aliphatic hydroxyl groups excluding tert-OH is 1. The second-order valence-corrected chi connectivity index (χ2v) is 7.06. The van der Waals surface area contributed by atoms with Crippen LogP contribution in [0.25, 0.3) is 0 Å². The second-order valence-electron chi connectivity index (χ2n) is 7.06. The van der Waals surface area contributed by atoms with Gasteiger partial charge < -0.3 is 20.8 Å². The number of carboxylic acids is 1. The molecule has 0 aromatic heterocycles. The van der Waals surface area contributed by atoms with E-state index in [2.05, 4.69) is 0 Å². The molecule has 3 heterocycles. The van der Waals surface area contributed by atoms with Gasteiger partial charge in [-0.25, -0.2) is 4.79 Å². The standard InChI is InChI=1S/C16H23N3O5/c1-7-10(6-18-4-3-9(5-18)14(17)21)13(16(23)24)19-12(7)11(8(2)20)15(19)22/h7-9,11-12,20H,3-6H2,1-2H3,(H2,17,21)(H,23,24)/t7-,8+,9+,11+,12+/m0/s1. The van der Waals surface area contributed by atoms with E-state index in [0.29, 0.717) is 31.6 Å². The molecule has 0 aromatic carbocycles. The summed E-state index contributed by atoms with van der Waals surface area (Å²) in [5, 5.41) is 19.4. The predicted molar refractivity (Wildman–Crippen MR) is 83.4 cm³/mol. The summed E-state index contributed by atoms with van der Waals surface area (Å²) >= 11 is 0. The lowest BCUT2D eigenvalue weighted by Gasteiger charge is -2.46. The molecule has 24 heavy (non-hydrogen) atoms. The first-order chi connectivity index (χ1) is 11.2. The quantitative estimate of drug-likeness (QED) is 0.552. The number of carbonyl (C=O) groups excluding carboxylic acids is 2. The van der Waals surface area contributed by atoms with Crippen molar-refractivity contribution in [1.29, 1.82) is 0 Å². The highest BCUT2D eigenvalue weighted by molar-refractivity contribution is 6.00. The summed E-state index contributed by atoms with van der Waals surface area (Å²) in [4.78, 5) is 38.6. The van der Waals surface area contributed by atoms with Crippen LogP contribution >= 0.6 is 0 Å². The number of nitrogens with two attached hydrogens (primary N) is 1. The molecule has 3 aliphatic rings. The maximum atomic E-state index is 12.3. The zero-order valence-corrected chi connectivity index (χ0v) is 13.8. The third kappa shape index (κ3) is 2.41. The summed E-state index contributed by atoms with van der Waals surface area (Å²) in [6.07, 6.45) is -0.136. The van der Waals surface area contributed by atoms with Crippen molar-refractivity contribution in [2.45, 2.75) is 32.4 Å². The monoisotopic (exact) mass is 337 g/mol.